The molecule has 0 atom stereocenters. The van der Waals surface area contributed by atoms with E-state index in [1.807, 2.05) is 31.2 Å². The zero-order chi connectivity index (χ0) is 15.9. The lowest BCUT2D eigenvalue weighted by molar-refractivity contribution is 0.0601. The number of hydrogen-bond donors (Lipinski definition) is 2. The van der Waals surface area contributed by atoms with Crippen molar-refractivity contribution in [1.82, 2.24) is 5.32 Å². The number of amides is 2. The third-order valence-electron chi connectivity index (χ3n) is 3.10. The third-order valence-corrected chi connectivity index (χ3v) is 3.10. The second kappa shape index (κ2) is 7.26. The number of aryl methyl sites for hydroxylation is 1. The minimum absolute atomic E-state index is 0.299. The summed E-state index contributed by atoms with van der Waals surface area (Å²) in [6.07, 6.45) is 0. The van der Waals surface area contributed by atoms with Gasteiger partial charge in [0.05, 0.1) is 12.7 Å². The summed E-state index contributed by atoms with van der Waals surface area (Å²) >= 11 is 0. The number of nitrogens with one attached hydrogen (secondary N) is 2. The number of carbonyl (C=O) groups is 2. The molecule has 0 aromatic heterocycles. The van der Waals surface area contributed by atoms with Gasteiger partial charge in [-0.2, -0.15) is 0 Å². The Morgan fingerprint density at radius 2 is 1.82 bits per heavy atom. The van der Waals surface area contributed by atoms with Crippen LogP contribution < -0.4 is 10.6 Å². The van der Waals surface area contributed by atoms with Crippen molar-refractivity contribution in [2.45, 2.75) is 13.5 Å². The van der Waals surface area contributed by atoms with Crippen molar-refractivity contribution in [3.63, 3.8) is 0 Å². The summed E-state index contributed by atoms with van der Waals surface area (Å²) in [5.74, 6) is -0.407. The Bertz CT molecular complexity index is 666. The van der Waals surface area contributed by atoms with Crippen LogP contribution in [0.3, 0.4) is 0 Å². The molecule has 0 radical (unpaired) electrons. The van der Waals surface area contributed by atoms with Gasteiger partial charge in [-0.15, -0.1) is 0 Å². The van der Waals surface area contributed by atoms with Crippen LogP contribution in [-0.2, 0) is 11.3 Å². The van der Waals surface area contributed by atoms with Crippen LogP contribution in [0.1, 0.15) is 21.5 Å². The molecule has 0 aliphatic heterocycles. The van der Waals surface area contributed by atoms with E-state index in [1.54, 1.807) is 24.3 Å². The highest BCUT2D eigenvalue weighted by atomic mass is 16.5. The number of methoxy groups -OCH3 is 1. The highest BCUT2D eigenvalue weighted by Gasteiger charge is 2.06. The molecule has 5 nitrogen and oxygen atoms in total. The van der Waals surface area contributed by atoms with E-state index < -0.39 is 5.97 Å². The van der Waals surface area contributed by atoms with Gasteiger partial charge in [0, 0.05) is 12.2 Å². The van der Waals surface area contributed by atoms with Crippen LogP contribution in [0, 0.1) is 6.92 Å². The van der Waals surface area contributed by atoms with Crippen molar-refractivity contribution in [3.8, 4) is 0 Å². The highest BCUT2D eigenvalue weighted by Crippen LogP contribution is 2.10. The number of carbonyl (C=O) groups excluding carboxylic acids is 2. The maximum atomic E-state index is 11.8. The van der Waals surface area contributed by atoms with Crippen LogP contribution in [0.25, 0.3) is 0 Å². The molecule has 2 aromatic rings. The lowest BCUT2D eigenvalue weighted by atomic mass is 10.1. The fraction of sp³-hybridized carbons (Fsp3) is 0.176. The molecule has 2 N–H and O–H groups in total. The molecule has 0 aliphatic rings. The molecule has 0 saturated heterocycles. The molecular formula is C17H18N2O3. The summed E-state index contributed by atoms with van der Waals surface area (Å²) < 4.78 is 4.62. The first kappa shape index (κ1) is 15.6. The SMILES string of the molecule is COC(=O)c1ccc(NC(=O)NCc2cccc(C)c2)cc1. The van der Waals surface area contributed by atoms with Crippen molar-refractivity contribution < 1.29 is 14.3 Å². The number of esters is 1. The normalized spacial score (nSPS) is 9.91. The van der Waals surface area contributed by atoms with Gasteiger partial charge in [-0.05, 0) is 36.8 Å². The third kappa shape index (κ3) is 4.34. The maximum absolute atomic E-state index is 11.8. The van der Waals surface area contributed by atoms with E-state index in [1.165, 1.54) is 7.11 Å². The van der Waals surface area contributed by atoms with Gasteiger partial charge in [0.2, 0.25) is 0 Å². The summed E-state index contributed by atoms with van der Waals surface area (Å²) in [6.45, 7) is 2.46. The predicted octanol–water partition coefficient (Wildman–Crippen LogP) is 3.10. The zero-order valence-electron chi connectivity index (χ0n) is 12.6. The molecule has 5 heteroatoms. The van der Waals surface area contributed by atoms with Crippen LogP contribution in [0.2, 0.25) is 0 Å². The van der Waals surface area contributed by atoms with Crippen molar-refractivity contribution in [1.29, 1.82) is 0 Å². The van der Waals surface area contributed by atoms with E-state index in [0.29, 0.717) is 17.8 Å². The summed E-state index contributed by atoms with van der Waals surface area (Å²) in [5, 5.41) is 5.49. The first-order valence-electron chi connectivity index (χ1n) is 6.87. The van der Waals surface area contributed by atoms with Gasteiger partial charge >= 0.3 is 12.0 Å². The van der Waals surface area contributed by atoms with Crippen LogP contribution in [0.5, 0.6) is 0 Å². The largest absolute Gasteiger partial charge is 0.465 e. The van der Waals surface area contributed by atoms with Gasteiger partial charge in [-0.3, -0.25) is 0 Å². The van der Waals surface area contributed by atoms with E-state index in [0.717, 1.165) is 11.1 Å². The molecule has 0 unspecified atom stereocenters. The molecule has 2 rings (SSSR count). The summed E-state index contributed by atoms with van der Waals surface area (Å²) in [7, 11) is 1.33. The number of benzene rings is 2. The van der Waals surface area contributed by atoms with Gasteiger partial charge in [0.1, 0.15) is 0 Å². The summed E-state index contributed by atoms with van der Waals surface area (Å²) in [4.78, 5) is 23.1. The Balaban J connectivity index is 1.88. The fourth-order valence-corrected chi connectivity index (χ4v) is 1.99. The van der Waals surface area contributed by atoms with Gasteiger partial charge in [0.25, 0.3) is 0 Å². The summed E-state index contributed by atoms with van der Waals surface area (Å²) in [6, 6.07) is 14.1. The minimum atomic E-state index is -0.407. The lowest BCUT2D eigenvalue weighted by Gasteiger charge is -2.08. The monoisotopic (exact) mass is 298 g/mol. The Kier molecular flexibility index (Phi) is 5.14. The standard InChI is InChI=1S/C17H18N2O3/c1-12-4-3-5-13(10-12)11-18-17(21)19-15-8-6-14(7-9-15)16(20)22-2/h3-10H,11H2,1-2H3,(H2,18,19,21). The van der Waals surface area contributed by atoms with Gasteiger partial charge in [-0.1, -0.05) is 29.8 Å². The molecule has 0 heterocycles. The Morgan fingerprint density at radius 1 is 1.09 bits per heavy atom. The predicted molar refractivity (Wildman–Crippen MR) is 84.8 cm³/mol. The van der Waals surface area contributed by atoms with Gasteiger partial charge in [-0.25, -0.2) is 9.59 Å². The molecule has 0 spiro atoms. The fourth-order valence-electron chi connectivity index (χ4n) is 1.99. The quantitative estimate of drug-likeness (QED) is 0.852. The number of ether oxygens (including phenoxy) is 1. The molecule has 2 amide bonds. The van der Waals surface area contributed by atoms with Gasteiger partial charge in [0.15, 0.2) is 0 Å². The van der Waals surface area contributed by atoms with E-state index in [4.69, 9.17) is 0 Å². The smallest absolute Gasteiger partial charge is 0.337 e. The average Bonchev–Trinajstić information content (AvgIpc) is 2.53. The molecule has 0 bridgehead atoms. The van der Waals surface area contributed by atoms with Crippen LogP contribution in [0.4, 0.5) is 10.5 Å². The number of urea groups is 1. The van der Waals surface area contributed by atoms with E-state index in [9.17, 15) is 9.59 Å². The van der Waals surface area contributed by atoms with E-state index in [2.05, 4.69) is 15.4 Å². The molecule has 0 aliphatic carbocycles. The second-order valence-corrected chi connectivity index (χ2v) is 4.87. The molecule has 0 fully saturated rings. The first-order valence-corrected chi connectivity index (χ1v) is 6.87. The number of rotatable bonds is 4. The second-order valence-electron chi connectivity index (χ2n) is 4.87. The highest BCUT2D eigenvalue weighted by molar-refractivity contribution is 5.92. The van der Waals surface area contributed by atoms with Gasteiger partial charge < -0.3 is 15.4 Å². The number of anilines is 1. The molecule has 114 valence electrons. The average molecular weight is 298 g/mol. The van der Waals surface area contributed by atoms with Crippen molar-refractivity contribution >= 4 is 17.7 Å². The maximum Gasteiger partial charge on any atom is 0.337 e. The van der Waals surface area contributed by atoms with Crippen LogP contribution in [-0.4, -0.2) is 19.1 Å². The van der Waals surface area contributed by atoms with E-state index >= 15 is 0 Å². The zero-order valence-corrected chi connectivity index (χ0v) is 12.6. The Labute approximate surface area is 129 Å². The molecular weight excluding hydrogens is 280 g/mol. The Hall–Kier alpha value is -2.82. The first-order chi connectivity index (χ1) is 10.6. The molecule has 22 heavy (non-hydrogen) atoms. The molecule has 2 aromatic carbocycles. The Morgan fingerprint density at radius 3 is 2.45 bits per heavy atom. The molecule has 0 saturated carbocycles. The van der Waals surface area contributed by atoms with Crippen molar-refractivity contribution in [2.75, 3.05) is 12.4 Å². The lowest BCUT2D eigenvalue weighted by Crippen LogP contribution is -2.28. The van der Waals surface area contributed by atoms with Crippen LogP contribution >= 0.6 is 0 Å². The summed E-state index contributed by atoms with van der Waals surface area (Å²) in [5.41, 5.74) is 3.23. The topological polar surface area (TPSA) is 67.4 Å². The number of hydrogen-bond acceptors (Lipinski definition) is 3. The minimum Gasteiger partial charge on any atom is -0.465 e. The van der Waals surface area contributed by atoms with Crippen LogP contribution in [0.15, 0.2) is 48.5 Å². The van der Waals surface area contributed by atoms with E-state index in [-0.39, 0.29) is 6.03 Å². The van der Waals surface area contributed by atoms with Crippen molar-refractivity contribution in [3.05, 3.63) is 65.2 Å². The van der Waals surface area contributed by atoms with Crippen molar-refractivity contribution in [2.24, 2.45) is 0 Å².